The van der Waals surface area contributed by atoms with Gasteiger partial charge in [0.15, 0.2) is 5.96 Å². The van der Waals surface area contributed by atoms with E-state index in [1.54, 1.807) is 4.90 Å². The molecule has 2 N–H and O–H groups in total. The molecule has 2 aromatic heterocycles. The van der Waals surface area contributed by atoms with E-state index < -0.39 is 0 Å². The number of guanidine groups is 1. The van der Waals surface area contributed by atoms with Crippen molar-refractivity contribution in [3.8, 4) is 0 Å². The summed E-state index contributed by atoms with van der Waals surface area (Å²) in [6.45, 7) is 3.88. The van der Waals surface area contributed by atoms with Crippen LogP contribution in [0.4, 0.5) is 0 Å². The van der Waals surface area contributed by atoms with Crippen LogP contribution in [-0.2, 0) is 11.3 Å². The van der Waals surface area contributed by atoms with Gasteiger partial charge in [-0.2, -0.15) is 0 Å². The number of carbonyl (C=O) groups is 1. The number of aliphatic imine (C=N–C) groups is 1. The van der Waals surface area contributed by atoms with Crippen molar-refractivity contribution >= 4 is 57.4 Å². The third-order valence-electron chi connectivity index (χ3n) is 5.22. The average molecular weight is 577 g/mol. The summed E-state index contributed by atoms with van der Waals surface area (Å²) in [7, 11) is 3.67. The number of halogens is 2. The number of fused-ring (bicyclic) bond motifs is 1. The number of imidazole rings is 1. The van der Waals surface area contributed by atoms with Crippen molar-refractivity contribution in [2.45, 2.75) is 39.2 Å². The number of aromatic nitrogens is 2. The Hall–Kier alpha value is -1.36. The first-order valence-corrected chi connectivity index (χ1v) is 10.6. The minimum atomic E-state index is -0.324. The average Bonchev–Trinajstić information content (AvgIpc) is 3.30. The van der Waals surface area contributed by atoms with Gasteiger partial charge in [0.2, 0.25) is 5.91 Å². The molecule has 29 heavy (non-hydrogen) atoms. The highest BCUT2D eigenvalue weighted by Gasteiger charge is 2.42. The largest absolute Gasteiger partial charge is 0.357 e. The van der Waals surface area contributed by atoms with E-state index in [1.807, 2.05) is 49.9 Å². The number of carbonyl (C=O) groups excluding carboxylic acids is 1. The maximum Gasteiger partial charge on any atom is 0.230 e. The normalized spacial score (nSPS) is 15.8. The second kappa shape index (κ2) is 10.6. The summed E-state index contributed by atoms with van der Waals surface area (Å²) in [6, 6.07) is 3.95. The summed E-state index contributed by atoms with van der Waals surface area (Å²) < 4.78 is 2.99. The minimum absolute atomic E-state index is 0. The van der Waals surface area contributed by atoms with E-state index in [1.165, 1.54) is 0 Å². The lowest BCUT2D eigenvalue weighted by Gasteiger charge is -2.31. The standard InChI is InChI=1S/C20H29BrN6O.HI/c1-4-22-19(24-14-20(9-5-6-10-20)18(28)26(2)3)23-11-16-13-27-12-15(21)7-8-17(27)25-16;/h7-8,12-13H,4-6,9-11,14H2,1-3H3,(H2,22,23,24);1H. The number of pyridine rings is 1. The summed E-state index contributed by atoms with van der Waals surface area (Å²) in [5, 5.41) is 6.68. The first-order chi connectivity index (χ1) is 13.4. The van der Waals surface area contributed by atoms with Crippen molar-refractivity contribution in [3.05, 3.63) is 34.7 Å². The SMILES string of the molecule is CCNC(=NCc1cn2cc(Br)ccc2n1)NCC1(C(=O)N(C)C)CCCC1.I. The maximum atomic E-state index is 12.8. The van der Waals surface area contributed by atoms with Crippen molar-refractivity contribution in [1.29, 1.82) is 0 Å². The molecule has 0 radical (unpaired) electrons. The van der Waals surface area contributed by atoms with E-state index in [4.69, 9.17) is 0 Å². The molecule has 7 nitrogen and oxygen atoms in total. The number of hydrogen-bond donors (Lipinski definition) is 2. The second-order valence-corrected chi connectivity index (χ2v) is 8.50. The van der Waals surface area contributed by atoms with Crippen molar-refractivity contribution in [1.82, 2.24) is 24.9 Å². The molecule has 1 saturated carbocycles. The molecule has 1 amide bonds. The first-order valence-electron chi connectivity index (χ1n) is 9.80. The van der Waals surface area contributed by atoms with Gasteiger partial charge in [-0.25, -0.2) is 9.98 Å². The molecule has 9 heteroatoms. The van der Waals surface area contributed by atoms with Crippen LogP contribution in [0, 0.1) is 5.41 Å². The lowest BCUT2D eigenvalue weighted by Crippen LogP contribution is -2.49. The van der Waals surface area contributed by atoms with Gasteiger partial charge in [0, 0.05) is 44.1 Å². The van der Waals surface area contributed by atoms with Crippen LogP contribution in [0.15, 0.2) is 34.0 Å². The number of hydrogen-bond acceptors (Lipinski definition) is 3. The third kappa shape index (κ3) is 5.84. The smallest absolute Gasteiger partial charge is 0.230 e. The zero-order valence-electron chi connectivity index (χ0n) is 17.2. The molecular weight excluding hydrogens is 547 g/mol. The molecular formula is C20H30BrIN6O. The van der Waals surface area contributed by atoms with E-state index in [-0.39, 0.29) is 35.3 Å². The van der Waals surface area contributed by atoms with E-state index in [2.05, 4.69) is 36.5 Å². The van der Waals surface area contributed by atoms with E-state index in [0.29, 0.717) is 13.1 Å². The summed E-state index contributed by atoms with van der Waals surface area (Å²) in [4.78, 5) is 23.8. The molecule has 1 fully saturated rings. The summed E-state index contributed by atoms with van der Waals surface area (Å²) in [6.07, 6.45) is 8.03. The van der Waals surface area contributed by atoms with E-state index in [9.17, 15) is 4.79 Å². The Morgan fingerprint density at radius 1 is 1.28 bits per heavy atom. The molecule has 0 spiro atoms. The highest BCUT2D eigenvalue weighted by molar-refractivity contribution is 14.0. The summed E-state index contributed by atoms with van der Waals surface area (Å²) in [5.74, 6) is 0.929. The van der Waals surface area contributed by atoms with Crippen LogP contribution in [-0.4, -0.2) is 53.3 Å². The Bertz CT molecular complexity index is 860. The predicted molar refractivity (Wildman–Crippen MR) is 131 cm³/mol. The fourth-order valence-electron chi connectivity index (χ4n) is 3.84. The van der Waals surface area contributed by atoms with Gasteiger partial charge in [0.1, 0.15) is 5.65 Å². The first kappa shape index (κ1) is 23.9. The fraction of sp³-hybridized carbons (Fsp3) is 0.550. The molecule has 0 atom stereocenters. The monoisotopic (exact) mass is 576 g/mol. The minimum Gasteiger partial charge on any atom is -0.357 e. The van der Waals surface area contributed by atoms with Crippen molar-refractivity contribution in [2.75, 3.05) is 27.2 Å². The van der Waals surface area contributed by atoms with Gasteiger partial charge < -0.3 is 19.9 Å². The Labute approximate surface area is 197 Å². The molecule has 0 aromatic carbocycles. The number of nitrogens with zero attached hydrogens (tertiary/aromatic N) is 4. The zero-order valence-corrected chi connectivity index (χ0v) is 21.2. The highest BCUT2D eigenvalue weighted by Crippen LogP contribution is 2.38. The molecule has 2 heterocycles. The van der Waals surface area contributed by atoms with Gasteiger partial charge in [-0.05, 0) is 47.8 Å². The van der Waals surface area contributed by atoms with Gasteiger partial charge in [-0.1, -0.05) is 12.8 Å². The van der Waals surface area contributed by atoms with Gasteiger partial charge in [0.05, 0.1) is 17.7 Å². The maximum absolute atomic E-state index is 12.8. The van der Waals surface area contributed by atoms with Crippen molar-refractivity contribution in [3.63, 3.8) is 0 Å². The number of rotatable bonds is 6. The Morgan fingerprint density at radius 2 is 2.00 bits per heavy atom. The molecule has 0 unspecified atom stereocenters. The second-order valence-electron chi connectivity index (χ2n) is 7.58. The van der Waals surface area contributed by atoms with Crippen LogP contribution in [0.5, 0.6) is 0 Å². The lowest BCUT2D eigenvalue weighted by molar-refractivity contribution is -0.138. The fourth-order valence-corrected chi connectivity index (χ4v) is 4.19. The molecule has 3 rings (SSSR count). The number of amides is 1. The molecule has 1 aliphatic rings. The van der Waals surface area contributed by atoms with Gasteiger partial charge in [0.25, 0.3) is 0 Å². The quantitative estimate of drug-likeness (QED) is 0.314. The topological polar surface area (TPSA) is 74.0 Å². The zero-order chi connectivity index (χ0) is 20.1. The van der Waals surface area contributed by atoms with Crippen LogP contribution in [0.1, 0.15) is 38.3 Å². The van der Waals surface area contributed by atoms with E-state index in [0.717, 1.165) is 54.0 Å². The summed E-state index contributed by atoms with van der Waals surface area (Å²) >= 11 is 3.48. The summed E-state index contributed by atoms with van der Waals surface area (Å²) in [5.41, 5.74) is 1.47. The van der Waals surface area contributed by atoms with Crippen LogP contribution < -0.4 is 10.6 Å². The van der Waals surface area contributed by atoms with Gasteiger partial charge in [-0.15, -0.1) is 24.0 Å². The molecule has 160 valence electrons. The van der Waals surface area contributed by atoms with Crippen LogP contribution in [0.2, 0.25) is 0 Å². The van der Waals surface area contributed by atoms with Crippen molar-refractivity contribution < 1.29 is 4.79 Å². The van der Waals surface area contributed by atoms with Crippen LogP contribution >= 0.6 is 39.9 Å². The van der Waals surface area contributed by atoms with Crippen LogP contribution in [0.25, 0.3) is 5.65 Å². The molecule has 0 aliphatic heterocycles. The number of nitrogens with one attached hydrogen (secondary N) is 2. The van der Waals surface area contributed by atoms with Crippen molar-refractivity contribution in [2.24, 2.45) is 10.4 Å². The van der Waals surface area contributed by atoms with E-state index >= 15 is 0 Å². The Balaban J connectivity index is 0.00000300. The van der Waals surface area contributed by atoms with Gasteiger partial charge >= 0.3 is 0 Å². The Morgan fingerprint density at radius 3 is 2.66 bits per heavy atom. The third-order valence-corrected chi connectivity index (χ3v) is 5.69. The molecule has 0 saturated heterocycles. The molecule has 1 aliphatic carbocycles. The van der Waals surface area contributed by atoms with Gasteiger partial charge in [-0.3, -0.25) is 4.79 Å². The molecule has 2 aromatic rings. The lowest BCUT2D eigenvalue weighted by atomic mass is 9.84. The highest BCUT2D eigenvalue weighted by atomic mass is 127. The molecule has 0 bridgehead atoms. The van der Waals surface area contributed by atoms with Crippen LogP contribution in [0.3, 0.4) is 0 Å². The Kier molecular flexibility index (Phi) is 8.74. The predicted octanol–water partition coefficient (Wildman–Crippen LogP) is 3.42.